The molecule has 4 atom stereocenters. The van der Waals surface area contributed by atoms with Crippen molar-refractivity contribution in [1.82, 2.24) is 0 Å². The SMILES string of the molecule is C[C@@H]1[C@H](c2ccccc2C(=O)Oc2ccccc2)C[C@H]2C[C@@H]1C2(C)C. The molecule has 0 saturated heterocycles. The van der Waals surface area contributed by atoms with Gasteiger partial charge in [-0.15, -0.1) is 0 Å². The number of hydrogen-bond acceptors (Lipinski definition) is 2. The summed E-state index contributed by atoms with van der Waals surface area (Å²) in [4.78, 5) is 12.8. The molecule has 5 rings (SSSR count). The summed E-state index contributed by atoms with van der Waals surface area (Å²) in [6.45, 7) is 7.19. The zero-order valence-corrected chi connectivity index (χ0v) is 15.2. The van der Waals surface area contributed by atoms with Gasteiger partial charge in [-0.1, -0.05) is 57.2 Å². The summed E-state index contributed by atoms with van der Waals surface area (Å²) in [6, 6.07) is 17.3. The minimum absolute atomic E-state index is 0.243. The topological polar surface area (TPSA) is 26.3 Å². The van der Waals surface area contributed by atoms with Crippen molar-refractivity contribution in [1.29, 1.82) is 0 Å². The third kappa shape index (κ3) is 2.68. The molecule has 0 N–H and O–H groups in total. The number of para-hydroxylation sites is 1. The monoisotopic (exact) mass is 334 g/mol. The fourth-order valence-corrected chi connectivity index (χ4v) is 5.22. The van der Waals surface area contributed by atoms with Crippen LogP contribution in [0.1, 0.15) is 55.5 Å². The highest BCUT2D eigenvalue weighted by atomic mass is 16.5. The van der Waals surface area contributed by atoms with Crippen molar-refractivity contribution in [3.05, 3.63) is 65.7 Å². The summed E-state index contributed by atoms with van der Waals surface area (Å²) in [5.74, 6) is 2.95. The molecular weight excluding hydrogens is 308 g/mol. The zero-order chi connectivity index (χ0) is 17.6. The van der Waals surface area contributed by atoms with Gasteiger partial charge in [0.25, 0.3) is 0 Å². The van der Waals surface area contributed by atoms with Gasteiger partial charge in [0.1, 0.15) is 5.75 Å². The van der Waals surface area contributed by atoms with Crippen LogP contribution in [0.3, 0.4) is 0 Å². The molecule has 2 nitrogen and oxygen atoms in total. The molecule has 2 aromatic carbocycles. The van der Waals surface area contributed by atoms with Gasteiger partial charge in [-0.2, -0.15) is 0 Å². The minimum atomic E-state index is -0.243. The van der Waals surface area contributed by atoms with E-state index in [1.165, 1.54) is 18.4 Å². The number of carbonyl (C=O) groups is 1. The molecule has 2 bridgehead atoms. The number of ether oxygens (including phenoxy) is 1. The molecule has 25 heavy (non-hydrogen) atoms. The molecule has 2 heteroatoms. The molecule has 2 aromatic rings. The Morgan fingerprint density at radius 3 is 2.36 bits per heavy atom. The second-order valence-corrected chi connectivity index (χ2v) is 8.35. The van der Waals surface area contributed by atoms with Gasteiger partial charge in [0, 0.05) is 0 Å². The maximum Gasteiger partial charge on any atom is 0.343 e. The molecule has 0 amide bonds. The Kier molecular flexibility index (Phi) is 3.94. The summed E-state index contributed by atoms with van der Waals surface area (Å²) in [5.41, 5.74) is 2.35. The Hall–Kier alpha value is -2.09. The molecule has 3 aliphatic carbocycles. The number of fused-ring (bicyclic) bond motifs is 2. The first-order valence-corrected chi connectivity index (χ1v) is 9.34. The van der Waals surface area contributed by atoms with Crippen LogP contribution in [0.15, 0.2) is 54.6 Å². The van der Waals surface area contributed by atoms with E-state index in [9.17, 15) is 4.79 Å². The molecule has 3 fully saturated rings. The van der Waals surface area contributed by atoms with Gasteiger partial charge < -0.3 is 4.74 Å². The normalized spacial score (nSPS) is 29.6. The van der Waals surface area contributed by atoms with Crippen molar-refractivity contribution in [3.63, 3.8) is 0 Å². The van der Waals surface area contributed by atoms with E-state index in [1.54, 1.807) is 0 Å². The smallest absolute Gasteiger partial charge is 0.343 e. The number of benzene rings is 2. The molecule has 0 spiro atoms. The number of carbonyl (C=O) groups excluding carboxylic acids is 1. The van der Waals surface area contributed by atoms with Crippen LogP contribution >= 0.6 is 0 Å². The van der Waals surface area contributed by atoms with E-state index in [0.29, 0.717) is 23.0 Å². The first-order valence-electron chi connectivity index (χ1n) is 9.34. The van der Waals surface area contributed by atoms with Gasteiger partial charge in [-0.3, -0.25) is 0 Å². The third-order valence-electron chi connectivity index (χ3n) is 6.89. The van der Waals surface area contributed by atoms with Gasteiger partial charge in [0.2, 0.25) is 0 Å². The Morgan fingerprint density at radius 2 is 1.68 bits per heavy atom. The van der Waals surface area contributed by atoms with Crippen LogP contribution in [-0.2, 0) is 0 Å². The van der Waals surface area contributed by atoms with E-state index in [0.717, 1.165) is 17.4 Å². The zero-order valence-electron chi connectivity index (χ0n) is 15.2. The van der Waals surface area contributed by atoms with Crippen molar-refractivity contribution in [3.8, 4) is 5.75 Å². The Labute approximate surface area is 150 Å². The number of hydrogen-bond donors (Lipinski definition) is 0. The van der Waals surface area contributed by atoms with Gasteiger partial charge in [-0.25, -0.2) is 4.79 Å². The van der Waals surface area contributed by atoms with Gasteiger partial charge in [-0.05, 0) is 65.7 Å². The predicted octanol–water partition coefficient (Wildman–Crippen LogP) is 5.69. The van der Waals surface area contributed by atoms with Crippen molar-refractivity contribution < 1.29 is 9.53 Å². The largest absolute Gasteiger partial charge is 0.423 e. The van der Waals surface area contributed by atoms with Gasteiger partial charge in [0.15, 0.2) is 0 Å². The highest BCUT2D eigenvalue weighted by Gasteiger charge is 2.56. The van der Waals surface area contributed by atoms with E-state index < -0.39 is 0 Å². The number of rotatable bonds is 3. The average molecular weight is 334 g/mol. The lowest BCUT2D eigenvalue weighted by molar-refractivity contribution is -0.110. The van der Waals surface area contributed by atoms with Crippen molar-refractivity contribution in [2.45, 2.75) is 39.5 Å². The predicted molar refractivity (Wildman–Crippen MR) is 99.7 cm³/mol. The first kappa shape index (κ1) is 16.4. The molecule has 3 saturated carbocycles. The fourth-order valence-electron chi connectivity index (χ4n) is 5.22. The first-order chi connectivity index (χ1) is 12.0. The van der Waals surface area contributed by atoms with Crippen LogP contribution in [0.5, 0.6) is 5.75 Å². The quantitative estimate of drug-likeness (QED) is 0.532. The maximum atomic E-state index is 12.8. The van der Waals surface area contributed by atoms with Gasteiger partial charge >= 0.3 is 5.97 Å². The lowest BCUT2D eigenvalue weighted by Crippen LogP contribution is -2.54. The lowest BCUT2D eigenvalue weighted by Gasteiger charge is -2.62. The van der Waals surface area contributed by atoms with Crippen molar-refractivity contribution in [2.75, 3.05) is 0 Å². The van der Waals surface area contributed by atoms with Crippen LogP contribution in [-0.4, -0.2) is 5.97 Å². The van der Waals surface area contributed by atoms with E-state index in [-0.39, 0.29) is 5.97 Å². The second kappa shape index (κ2) is 6.01. The highest BCUT2D eigenvalue weighted by molar-refractivity contribution is 5.92. The fraction of sp³-hybridized carbons (Fsp3) is 0.435. The van der Waals surface area contributed by atoms with E-state index in [1.807, 2.05) is 48.5 Å². The lowest BCUT2D eigenvalue weighted by atomic mass is 9.43. The summed E-state index contributed by atoms with van der Waals surface area (Å²) >= 11 is 0. The van der Waals surface area contributed by atoms with Crippen molar-refractivity contribution in [2.24, 2.45) is 23.2 Å². The third-order valence-corrected chi connectivity index (χ3v) is 6.89. The van der Waals surface area contributed by atoms with E-state index in [2.05, 4.69) is 26.8 Å². The summed E-state index contributed by atoms with van der Waals surface area (Å²) in [6.07, 6.45) is 2.53. The van der Waals surface area contributed by atoms with Crippen LogP contribution < -0.4 is 4.74 Å². The molecular formula is C23H26O2. The summed E-state index contributed by atoms with van der Waals surface area (Å²) < 4.78 is 5.61. The van der Waals surface area contributed by atoms with Crippen LogP contribution in [0.25, 0.3) is 0 Å². The van der Waals surface area contributed by atoms with Gasteiger partial charge in [0.05, 0.1) is 5.56 Å². The Bertz CT molecular complexity index is 778. The Morgan fingerprint density at radius 1 is 1.00 bits per heavy atom. The van der Waals surface area contributed by atoms with Crippen molar-refractivity contribution >= 4 is 5.97 Å². The number of esters is 1. The Balaban J connectivity index is 1.61. The highest BCUT2D eigenvalue weighted by Crippen LogP contribution is 2.65. The molecule has 3 aliphatic rings. The standard InChI is InChI=1S/C23H26O2/c1-15-20(13-16-14-21(15)23(16,2)3)18-11-7-8-12-19(18)22(24)25-17-9-5-4-6-10-17/h4-12,15-16,20-21H,13-14H2,1-3H3/t15-,16+,20-,21+/m1/s1. The molecule has 0 aromatic heterocycles. The average Bonchev–Trinajstić information content (AvgIpc) is 2.62. The molecule has 0 unspecified atom stereocenters. The molecule has 0 aliphatic heterocycles. The molecule has 130 valence electrons. The van der Waals surface area contributed by atoms with E-state index in [4.69, 9.17) is 4.74 Å². The second-order valence-electron chi connectivity index (χ2n) is 8.35. The summed E-state index contributed by atoms with van der Waals surface area (Å²) in [5, 5.41) is 0. The minimum Gasteiger partial charge on any atom is -0.423 e. The molecule has 0 radical (unpaired) electrons. The van der Waals surface area contributed by atoms with Crippen LogP contribution in [0.4, 0.5) is 0 Å². The maximum absolute atomic E-state index is 12.8. The molecule has 0 heterocycles. The summed E-state index contributed by atoms with van der Waals surface area (Å²) in [7, 11) is 0. The van der Waals surface area contributed by atoms with Crippen LogP contribution in [0, 0.1) is 23.2 Å². The van der Waals surface area contributed by atoms with Crippen LogP contribution in [0.2, 0.25) is 0 Å². The van der Waals surface area contributed by atoms with E-state index >= 15 is 0 Å².